The Labute approximate surface area is 193 Å². The van der Waals surface area contributed by atoms with Crippen LogP contribution in [0.3, 0.4) is 0 Å². The van der Waals surface area contributed by atoms with Gasteiger partial charge in [0, 0.05) is 5.41 Å². The first-order chi connectivity index (χ1) is 14.8. The lowest BCUT2D eigenvalue weighted by atomic mass is 9.37. The molecule has 4 nitrogen and oxygen atoms in total. The third kappa shape index (κ3) is 3.08. The van der Waals surface area contributed by atoms with Gasteiger partial charge in [-0.25, -0.2) is 0 Å². The molecule has 0 bridgehead atoms. The van der Waals surface area contributed by atoms with Gasteiger partial charge in [-0.15, -0.1) is 0 Å². The predicted octanol–water partition coefficient (Wildman–Crippen LogP) is 6.03. The van der Waals surface area contributed by atoms with Crippen LogP contribution in [0.2, 0.25) is 0 Å². The van der Waals surface area contributed by atoms with E-state index in [-0.39, 0.29) is 39.6 Å². The molecule has 4 aliphatic rings. The average Bonchev–Trinajstić information content (AvgIpc) is 2.74. The van der Waals surface area contributed by atoms with E-state index in [1.165, 1.54) is 6.42 Å². The van der Waals surface area contributed by atoms with E-state index in [9.17, 15) is 14.7 Å². The molecule has 4 rings (SSSR count). The van der Waals surface area contributed by atoms with Crippen LogP contribution in [0, 0.1) is 39.4 Å². The smallest absolute Gasteiger partial charge is 0.223 e. The molecule has 0 aromatic carbocycles. The van der Waals surface area contributed by atoms with Crippen LogP contribution in [0.25, 0.3) is 0 Å². The van der Waals surface area contributed by atoms with Crippen molar-refractivity contribution in [1.82, 2.24) is 0 Å². The highest BCUT2D eigenvalue weighted by atomic mass is 16.3. The minimum Gasteiger partial charge on any atom is -0.504 e. The quantitative estimate of drug-likeness (QED) is 0.563. The Balaban J connectivity index is 1.76. The maximum atomic E-state index is 12.4. The van der Waals surface area contributed by atoms with Gasteiger partial charge in [0.25, 0.3) is 0 Å². The Morgan fingerprint density at radius 1 is 1.12 bits per heavy atom. The largest absolute Gasteiger partial charge is 0.504 e. The highest BCUT2D eigenvalue weighted by molar-refractivity contribution is 6.05. The molecule has 0 aliphatic heterocycles. The number of allylic oxidation sites excluding steroid dienone is 5. The lowest BCUT2D eigenvalue weighted by molar-refractivity contribution is -0.182. The number of hydrogen-bond donors (Lipinski definition) is 2. The Kier molecular flexibility index (Phi) is 5.34. The first kappa shape index (κ1) is 23.3. The predicted molar refractivity (Wildman–Crippen MR) is 128 cm³/mol. The van der Waals surface area contributed by atoms with Crippen molar-refractivity contribution >= 4 is 11.7 Å². The van der Waals surface area contributed by atoms with Crippen molar-refractivity contribution in [1.29, 1.82) is 0 Å². The number of hydrogen-bond acceptors (Lipinski definition) is 3. The Hall–Kier alpha value is -1.84. The zero-order chi connectivity index (χ0) is 23.7. The monoisotopic (exact) mass is 439 g/mol. The number of rotatable bonds is 3. The molecule has 3 N–H and O–H groups in total. The summed E-state index contributed by atoms with van der Waals surface area (Å²) in [6, 6.07) is 0. The van der Waals surface area contributed by atoms with Crippen molar-refractivity contribution in [3.8, 4) is 0 Å². The zero-order valence-electron chi connectivity index (χ0n) is 20.8. The van der Waals surface area contributed by atoms with E-state index < -0.39 is 5.41 Å². The average molecular weight is 440 g/mol. The van der Waals surface area contributed by atoms with Crippen LogP contribution in [-0.2, 0) is 9.59 Å². The van der Waals surface area contributed by atoms with Crippen molar-refractivity contribution in [2.24, 2.45) is 45.1 Å². The number of primary amides is 1. The maximum absolute atomic E-state index is 12.4. The number of nitrogens with two attached hydrogens (primary N) is 1. The van der Waals surface area contributed by atoms with Crippen LogP contribution in [0.1, 0.15) is 86.5 Å². The number of ketones is 1. The molecule has 0 aromatic rings. The Morgan fingerprint density at radius 2 is 1.78 bits per heavy atom. The van der Waals surface area contributed by atoms with Gasteiger partial charge in [0.1, 0.15) is 0 Å². The first-order valence-corrected chi connectivity index (χ1v) is 12.5. The summed E-state index contributed by atoms with van der Waals surface area (Å²) >= 11 is 0. The van der Waals surface area contributed by atoms with Gasteiger partial charge in [-0.3, -0.25) is 9.59 Å². The third-order valence-electron chi connectivity index (χ3n) is 11.0. The van der Waals surface area contributed by atoms with Gasteiger partial charge in [0.15, 0.2) is 5.76 Å². The number of amides is 1. The SMILES string of the molecule is CC[C@@]1(C)[C@@H]2C[C@](C)(C(N)=O)CC[C@]2(C)CC[C@]1(C)C1CC=C2C=C(O)C(=O)C=C2[C@H]1C. The number of fused-ring (bicyclic) bond motifs is 2. The second-order valence-corrected chi connectivity index (χ2v) is 12.3. The summed E-state index contributed by atoms with van der Waals surface area (Å²) in [5.41, 5.74) is 7.96. The lowest BCUT2D eigenvalue weighted by Gasteiger charge is -2.67. The van der Waals surface area contributed by atoms with Gasteiger partial charge >= 0.3 is 0 Å². The van der Waals surface area contributed by atoms with Crippen LogP contribution >= 0.6 is 0 Å². The molecule has 1 amide bonds. The molecular formula is C28H41NO3. The van der Waals surface area contributed by atoms with E-state index >= 15 is 0 Å². The van der Waals surface area contributed by atoms with Gasteiger partial charge in [-0.2, -0.15) is 0 Å². The maximum Gasteiger partial charge on any atom is 0.223 e. The summed E-state index contributed by atoms with van der Waals surface area (Å²) in [5.74, 6) is 0.505. The van der Waals surface area contributed by atoms with Crippen LogP contribution < -0.4 is 5.73 Å². The molecule has 1 unspecified atom stereocenters. The second kappa shape index (κ2) is 7.33. The number of carbonyl (C=O) groups excluding carboxylic acids is 2. The summed E-state index contributed by atoms with van der Waals surface area (Å²) < 4.78 is 0. The van der Waals surface area contributed by atoms with Gasteiger partial charge in [0.2, 0.25) is 11.7 Å². The number of aliphatic hydroxyl groups is 1. The minimum atomic E-state index is -0.426. The molecule has 4 aliphatic carbocycles. The highest BCUT2D eigenvalue weighted by Crippen LogP contribution is 2.71. The van der Waals surface area contributed by atoms with Crippen molar-refractivity contribution in [2.45, 2.75) is 86.5 Å². The molecule has 7 atom stereocenters. The van der Waals surface area contributed by atoms with Gasteiger partial charge in [-0.1, -0.05) is 47.6 Å². The second-order valence-electron chi connectivity index (χ2n) is 12.3. The molecule has 2 fully saturated rings. The van der Waals surface area contributed by atoms with Crippen molar-refractivity contribution < 1.29 is 14.7 Å². The Morgan fingerprint density at radius 3 is 2.41 bits per heavy atom. The van der Waals surface area contributed by atoms with E-state index in [0.717, 1.165) is 49.7 Å². The zero-order valence-corrected chi connectivity index (χ0v) is 20.8. The summed E-state index contributed by atoms with van der Waals surface area (Å²) in [7, 11) is 0. The molecule has 32 heavy (non-hydrogen) atoms. The molecule has 0 spiro atoms. The minimum absolute atomic E-state index is 0.0681. The lowest BCUT2D eigenvalue weighted by Crippen LogP contribution is -2.61. The summed E-state index contributed by atoms with van der Waals surface area (Å²) in [4.78, 5) is 24.7. The summed E-state index contributed by atoms with van der Waals surface area (Å²) in [6.45, 7) is 14.1. The van der Waals surface area contributed by atoms with Crippen molar-refractivity contribution in [3.05, 3.63) is 35.1 Å². The fourth-order valence-electron chi connectivity index (χ4n) is 8.20. The number of aliphatic hydroxyl groups excluding tert-OH is 1. The molecule has 4 heteroatoms. The summed E-state index contributed by atoms with van der Waals surface area (Å²) in [5, 5.41) is 9.93. The van der Waals surface area contributed by atoms with Crippen molar-refractivity contribution in [3.63, 3.8) is 0 Å². The van der Waals surface area contributed by atoms with Crippen LogP contribution in [0.5, 0.6) is 0 Å². The van der Waals surface area contributed by atoms with Gasteiger partial charge in [-0.05, 0) is 102 Å². The Bertz CT molecular complexity index is 944. The van der Waals surface area contributed by atoms with Crippen LogP contribution in [0.4, 0.5) is 0 Å². The normalized spacial score (nSPS) is 46.4. The molecule has 0 aromatic heterocycles. The molecule has 0 saturated heterocycles. The molecule has 0 radical (unpaired) electrons. The standard InChI is InChI=1S/C28H41NO3/c1-7-27(5)23-16-26(4,24(29)32)11-10-25(23,3)12-13-28(27,6)20-9-8-18-14-21(30)22(31)15-19(18)17(20)2/h8,14-15,17,20,23,30H,7,9-13,16H2,1-6H3,(H2,29,32)/t17-,20?,23-,25-,26-,27+,28-/m1/s1. The fourth-order valence-corrected chi connectivity index (χ4v) is 8.20. The van der Waals surface area contributed by atoms with E-state index in [4.69, 9.17) is 5.73 Å². The molecule has 0 heterocycles. The van der Waals surface area contributed by atoms with E-state index in [0.29, 0.717) is 11.8 Å². The van der Waals surface area contributed by atoms with E-state index in [2.05, 4.69) is 47.6 Å². The van der Waals surface area contributed by atoms with Crippen molar-refractivity contribution in [2.75, 3.05) is 0 Å². The first-order valence-electron chi connectivity index (χ1n) is 12.5. The van der Waals surface area contributed by atoms with Gasteiger partial charge in [0.05, 0.1) is 0 Å². The molecule has 176 valence electrons. The molecular weight excluding hydrogens is 398 g/mol. The van der Waals surface area contributed by atoms with Gasteiger partial charge < -0.3 is 10.8 Å². The topological polar surface area (TPSA) is 80.4 Å². The number of carbonyl (C=O) groups is 2. The fraction of sp³-hybridized carbons (Fsp3) is 0.714. The van der Waals surface area contributed by atoms with E-state index in [1.54, 1.807) is 12.2 Å². The van der Waals surface area contributed by atoms with Crippen LogP contribution in [-0.4, -0.2) is 16.8 Å². The highest BCUT2D eigenvalue weighted by Gasteiger charge is 2.63. The third-order valence-corrected chi connectivity index (χ3v) is 11.0. The summed E-state index contributed by atoms with van der Waals surface area (Å²) in [6.07, 6.45) is 12.7. The van der Waals surface area contributed by atoms with E-state index in [1.807, 2.05) is 0 Å². The molecule has 2 saturated carbocycles. The van der Waals surface area contributed by atoms with Crippen LogP contribution in [0.15, 0.2) is 35.1 Å².